The molecule has 0 aliphatic carbocycles. The van der Waals surface area contributed by atoms with Crippen molar-refractivity contribution in [2.24, 2.45) is 0 Å². The molecule has 1 saturated heterocycles. The molecule has 0 amide bonds. The third kappa shape index (κ3) is 2.28. The molecule has 22 heavy (non-hydrogen) atoms. The van der Waals surface area contributed by atoms with Gasteiger partial charge in [0.05, 0.1) is 23.3 Å². The van der Waals surface area contributed by atoms with E-state index in [-0.39, 0.29) is 11.2 Å². The van der Waals surface area contributed by atoms with Gasteiger partial charge in [-0.3, -0.25) is 0 Å². The summed E-state index contributed by atoms with van der Waals surface area (Å²) in [4.78, 5) is 11.3. The third-order valence-corrected chi connectivity index (χ3v) is 4.68. The van der Waals surface area contributed by atoms with Gasteiger partial charge in [-0.25, -0.2) is 9.97 Å². The number of rotatable bonds is 2. The highest BCUT2D eigenvalue weighted by Gasteiger charge is 2.52. The van der Waals surface area contributed by atoms with Gasteiger partial charge < -0.3 is 19.5 Å². The van der Waals surface area contributed by atoms with Crippen molar-refractivity contribution in [1.82, 2.24) is 9.97 Å². The second kappa shape index (κ2) is 4.96. The SMILES string of the molecule is C=C1CNc2ncc(B3OC(C)(C)C(C)(C)O3)nc2N1CC. The van der Waals surface area contributed by atoms with Gasteiger partial charge in [0.15, 0.2) is 11.6 Å². The minimum Gasteiger partial charge on any atom is -0.398 e. The van der Waals surface area contributed by atoms with Crippen LogP contribution in [0.2, 0.25) is 0 Å². The van der Waals surface area contributed by atoms with Gasteiger partial charge >= 0.3 is 7.12 Å². The van der Waals surface area contributed by atoms with Gasteiger partial charge in [0, 0.05) is 18.4 Å². The first kappa shape index (κ1) is 15.3. The maximum absolute atomic E-state index is 6.05. The highest BCUT2D eigenvalue weighted by Crippen LogP contribution is 2.36. The van der Waals surface area contributed by atoms with Gasteiger partial charge in [-0.1, -0.05) is 6.58 Å². The molecule has 1 N–H and O–H groups in total. The minimum atomic E-state index is -0.503. The van der Waals surface area contributed by atoms with Gasteiger partial charge in [-0.05, 0) is 34.6 Å². The van der Waals surface area contributed by atoms with E-state index in [9.17, 15) is 0 Å². The molecule has 1 fully saturated rings. The zero-order chi connectivity index (χ0) is 16.1. The molecule has 0 unspecified atom stereocenters. The van der Waals surface area contributed by atoms with Crippen LogP contribution >= 0.6 is 0 Å². The number of hydrogen-bond acceptors (Lipinski definition) is 6. The summed E-state index contributed by atoms with van der Waals surface area (Å²) in [7, 11) is -0.503. The minimum absolute atomic E-state index is 0.387. The van der Waals surface area contributed by atoms with Crippen LogP contribution in [0.25, 0.3) is 0 Å². The number of likely N-dealkylation sites (N-methyl/N-ethyl adjacent to an activating group) is 1. The fourth-order valence-electron chi connectivity index (χ4n) is 2.59. The molecule has 2 aliphatic heterocycles. The normalized spacial score (nSPS) is 22.5. The maximum atomic E-state index is 6.05. The smallest absolute Gasteiger partial charge is 0.398 e. The Kier molecular flexibility index (Phi) is 3.45. The van der Waals surface area contributed by atoms with E-state index in [1.165, 1.54) is 0 Å². The largest absolute Gasteiger partial charge is 0.516 e. The summed E-state index contributed by atoms with van der Waals surface area (Å²) in [6.45, 7) is 15.7. The topological polar surface area (TPSA) is 59.5 Å². The average molecular weight is 302 g/mol. The summed E-state index contributed by atoms with van der Waals surface area (Å²) in [5, 5.41) is 3.23. The van der Waals surface area contributed by atoms with Gasteiger partial charge in [0.25, 0.3) is 0 Å². The first-order valence-electron chi connectivity index (χ1n) is 7.67. The Hall–Kier alpha value is -1.60. The van der Waals surface area contributed by atoms with E-state index in [4.69, 9.17) is 14.3 Å². The highest BCUT2D eigenvalue weighted by atomic mass is 16.7. The standard InChI is InChI=1S/C15H23BN4O2/c1-7-20-10(2)8-17-12-13(20)19-11(9-18-12)16-21-14(3,4)15(5,6)22-16/h9H,2,7-8H2,1,3-6H3,(H,17,18). The van der Waals surface area contributed by atoms with Crippen molar-refractivity contribution in [3.63, 3.8) is 0 Å². The second-order valence-corrected chi connectivity index (χ2v) is 6.72. The van der Waals surface area contributed by atoms with Crippen molar-refractivity contribution >= 4 is 24.3 Å². The molecule has 1 aromatic rings. The molecule has 3 rings (SSSR count). The predicted molar refractivity (Wildman–Crippen MR) is 88.4 cm³/mol. The second-order valence-electron chi connectivity index (χ2n) is 6.72. The van der Waals surface area contributed by atoms with E-state index in [0.717, 1.165) is 23.9 Å². The number of anilines is 2. The number of hydrogen-bond donors (Lipinski definition) is 1. The number of fused-ring (bicyclic) bond motifs is 1. The molecule has 2 aliphatic rings. The lowest BCUT2D eigenvalue weighted by molar-refractivity contribution is 0.00578. The lowest BCUT2D eigenvalue weighted by Crippen LogP contribution is -2.41. The van der Waals surface area contributed by atoms with Gasteiger partial charge in [0.2, 0.25) is 0 Å². The number of nitrogens with one attached hydrogen (secondary N) is 1. The predicted octanol–water partition coefficient (Wildman–Crippen LogP) is 1.54. The Morgan fingerprint density at radius 1 is 1.32 bits per heavy atom. The van der Waals surface area contributed by atoms with Crippen molar-refractivity contribution in [1.29, 1.82) is 0 Å². The number of aromatic nitrogens is 2. The Morgan fingerprint density at radius 2 is 1.95 bits per heavy atom. The fourth-order valence-corrected chi connectivity index (χ4v) is 2.59. The van der Waals surface area contributed by atoms with Crippen molar-refractivity contribution in [3.8, 4) is 0 Å². The summed E-state index contributed by atoms with van der Waals surface area (Å²) in [5.74, 6) is 1.56. The zero-order valence-electron chi connectivity index (χ0n) is 13.9. The molecule has 0 spiro atoms. The molecule has 7 heteroatoms. The van der Waals surface area contributed by atoms with Crippen LogP contribution in [0.4, 0.5) is 11.6 Å². The summed E-state index contributed by atoms with van der Waals surface area (Å²) >= 11 is 0. The molecule has 0 atom stereocenters. The van der Waals surface area contributed by atoms with Crippen LogP contribution in [0.5, 0.6) is 0 Å². The summed E-state index contributed by atoms with van der Waals surface area (Å²) in [5.41, 5.74) is 0.894. The van der Waals surface area contributed by atoms with Gasteiger partial charge in [0.1, 0.15) is 0 Å². The molecule has 6 nitrogen and oxygen atoms in total. The molecular formula is C15H23BN4O2. The summed E-state index contributed by atoms with van der Waals surface area (Å²) in [6.07, 6.45) is 1.72. The Morgan fingerprint density at radius 3 is 2.55 bits per heavy atom. The van der Waals surface area contributed by atoms with Crippen LogP contribution in [0.15, 0.2) is 18.5 Å². The number of nitrogens with zero attached hydrogens (tertiary/aromatic N) is 3. The van der Waals surface area contributed by atoms with E-state index in [2.05, 4.69) is 28.7 Å². The van der Waals surface area contributed by atoms with E-state index >= 15 is 0 Å². The highest BCUT2D eigenvalue weighted by molar-refractivity contribution is 6.61. The van der Waals surface area contributed by atoms with Gasteiger partial charge in [-0.2, -0.15) is 0 Å². The van der Waals surface area contributed by atoms with Crippen LogP contribution in [0.1, 0.15) is 34.6 Å². The summed E-state index contributed by atoms with van der Waals surface area (Å²) in [6, 6.07) is 0. The Labute approximate surface area is 132 Å². The van der Waals surface area contributed by atoms with Gasteiger partial charge in [-0.15, -0.1) is 0 Å². The molecule has 118 valence electrons. The van der Waals surface area contributed by atoms with E-state index in [1.54, 1.807) is 6.20 Å². The van der Waals surface area contributed by atoms with Crippen LogP contribution in [0, 0.1) is 0 Å². The lowest BCUT2D eigenvalue weighted by atomic mass is 9.85. The van der Waals surface area contributed by atoms with Crippen LogP contribution in [0.3, 0.4) is 0 Å². The van der Waals surface area contributed by atoms with E-state index < -0.39 is 7.12 Å². The van der Waals surface area contributed by atoms with Crippen molar-refractivity contribution in [2.75, 3.05) is 23.3 Å². The van der Waals surface area contributed by atoms with Crippen LogP contribution < -0.4 is 15.8 Å². The van der Waals surface area contributed by atoms with Crippen LogP contribution in [-0.2, 0) is 9.31 Å². The van der Waals surface area contributed by atoms with Crippen LogP contribution in [-0.4, -0.2) is 41.4 Å². The zero-order valence-corrected chi connectivity index (χ0v) is 13.9. The quantitative estimate of drug-likeness (QED) is 0.836. The van der Waals surface area contributed by atoms with E-state index in [1.807, 2.05) is 27.7 Å². The molecular weight excluding hydrogens is 279 g/mol. The first-order chi connectivity index (χ1) is 10.2. The van der Waals surface area contributed by atoms with Crippen molar-refractivity contribution in [2.45, 2.75) is 45.8 Å². The third-order valence-electron chi connectivity index (χ3n) is 4.68. The first-order valence-corrected chi connectivity index (χ1v) is 7.67. The monoisotopic (exact) mass is 302 g/mol. The molecule has 0 bridgehead atoms. The summed E-state index contributed by atoms with van der Waals surface area (Å²) < 4.78 is 12.1. The van der Waals surface area contributed by atoms with Crippen molar-refractivity contribution in [3.05, 3.63) is 18.5 Å². The molecule has 0 radical (unpaired) electrons. The molecule has 1 aromatic heterocycles. The van der Waals surface area contributed by atoms with Crippen molar-refractivity contribution < 1.29 is 9.31 Å². The van der Waals surface area contributed by atoms with E-state index in [0.29, 0.717) is 12.1 Å². The maximum Gasteiger partial charge on any atom is 0.516 e. The Balaban J connectivity index is 1.95. The molecule has 0 aromatic carbocycles. The fraction of sp³-hybridized carbons (Fsp3) is 0.600. The Bertz CT molecular complexity index is 602. The lowest BCUT2D eigenvalue weighted by Gasteiger charge is -2.32. The average Bonchev–Trinajstić information content (AvgIpc) is 2.67. The molecule has 0 saturated carbocycles. The molecule has 3 heterocycles.